The predicted molar refractivity (Wildman–Crippen MR) is 110 cm³/mol. The number of hydrogen-bond donors (Lipinski definition) is 2. The van der Waals surface area contributed by atoms with Gasteiger partial charge < -0.3 is 15.4 Å². The molecule has 4 nitrogen and oxygen atoms in total. The van der Waals surface area contributed by atoms with E-state index in [0.29, 0.717) is 5.92 Å². The summed E-state index contributed by atoms with van der Waals surface area (Å²) in [5.74, 6) is 1.37. The Bertz CT molecular complexity index is 412. The number of aliphatic imine (C=N–C) groups is 1. The van der Waals surface area contributed by atoms with Gasteiger partial charge in [-0.15, -0.1) is 24.0 Å². The Kier molecular flexibility index (Phi) is 14.2. The van der Waals surface area contributed by atoms with E-state index in [2.05, 4.69) is 54.8 Å². The lowest BCUT2D eigenvalue weighted by Crippen LogP contribution is -2.38. The van der Waals surface area contributed by atoms with E-state index in [1.165, 1.54) is 5.56 Å². The van der Waals surface area contributed by atoms with Crippen LogP contribution in [0.3, 0.4) is 0 Å². The zero-order valence-corrected chi connectivity index (χ0v) is 17.0. The van der Waals surface area contributed by atoms with Crippen LogP contribution in [-0.2, 0) is 4.74 Å². The van der Waals surface area contributed by atoms with Crippen molar-refractivity contribution in [2.45, 2.75) is 39.5 Å². The van der Waals surface area contributed by atoms with Gasteiger partial charge in [0.2, 0.25) is 0 Å². The van der Waals surface area contributed by atoms with E-state index in [0.717, 1.165) is 51.6 Å². The van der Waals surface area contributed by atoms with E-state index in [-0.39, 0.29) is 24.0 Å². The van der Waals surface area contributed by atoms with E-state index in [1.807, 2.05) is 6.92 Å². The number of ether oxygens (including phenoxy) is 1. The molecule has 1 unspecified atom stereocenters. The second-order valence-corrected chi connectivity index (χ2v) is 5.21. The number of nitrogens with zero attached hydrogens (tertiary/aromatic N) is 1. The Hall–Kier alpha value is -0.820. The predicted octanol–water partition coefficient (Wildman–Crippen LogP) is 3.78. The average Bonchev–Trinajstić information content (AvgIpc) is 2.56. The smallest absolute Gasteiger partial charge is 0.191 e. The molecule has 0 heterocycles. The molecule has 132 valence electrons. The van der Waals surface area contributed by atoms with Gasteiger partial charge in [-0.1, -0.05) is 37.3 Å². The zero-order chi connectivity index (χ0) is 16.0. The van der Waals surface area contributed by atoms with Crippen LogP contribution in [0.4, 0.5) is 0 Å². The molecule has 1 aromatic rings. The minimum Gasteiger partial charge on any atom is -0.382 e. The lowest BCUT2D eigenvalue weighted by Gasteiger charge is -2.15. The van der Waals surface area contributed by atoms with Crippen molar-refractivity contribution >= 4 is 29.9 Å². The minimum absolute atomic E-state index is 0. The quantitative estimate of drug-likeness (QED) is 0.256. The molecule has 0 aliphatic rings. The number of hydrogen-bond acceptors (Lipinski definition) is 2. The van der Waals surface area contributed by atoms with Crippen LogP contribution in [0.5, 0.6) is 0 Å². The zero-order valence-electron chi connectivity index (χ0n) is 14.7. The van der Waals surface area contributed by atoms with Crippen LogP contribution in [-0.4, -0.2) is 38.8 Å². The van der Waals surface area contributed by atoms with Gasteiger partial charge in [0.15, 0.2) is 5.96 Å². The topological polar surface area (TPSA) is 45.7 Å². The summed E-state index contributed by atoms with van der Waals surface area (Å²) >= 11 is 0. The summed E-state index contributed by atoms with van der Waals surface area (Å²) < 4.78 is 5.35. The van der Waals surface area contributed by atoms with E-state index in [4.69, 9.17) is 9.73 Å². The van der Waals surface area contributed by atoms with Crippen molar-refractivity contribution in [1.29, 1.82) is 0 Å². The fourth-order valence-corrected chi connectivity index (χ4v) is 2.26. The third-order valence-corrected chi connectivity index (χ3v) is 3.54. The van der Waals surface area contributed by atoms with Gasteiger partial charge in [0, 0.05) is 38.8 Å². The van der Waals surface area contributed by atoms with Crippen LogP contribution in [0, 0.1) is 0 Å². The van der Waals surface area contributed by atoms with E-state index in [1.54, 1.807) is 0 Å². The number of benzene rings is 1. The molecular formula is C18H32IN3O. The Morgan fingerprint density at radius 3 is 2.48 bits per heavy atom. The number of rotatable bonds is 10. The Morgan fingerprint density at radius 2 is 1.87 bits per heavy atom. The number of guanidine groups is 1. The molecule has 0 bridgehead atoms. The van der Waals surface area contributed by atoms with Crippen molar-refractivity contribution < 1.29 is 4.74 Å². The fraction of sp³-hybridized carbons (Fsp3) is 0.611. The van der Waals surface area contributed by atoms with Gasteiger partial charge in [-0.05, 0) is 32.3 Å². The van der Waals surface area contributed by atoms with Crippen molar-refractivity contribution in [3.05, 3.63) is 35.9 Å². The summed E-state index contributed by atoms with van der Waals surface area (Å²) in [6.07, 6.45) is 2.09. The summed E-state index contributed by atoms with van der Waals surface area (Å²) in [4.78, 5) is 4.73. The lowest BCUT2D eigenvalue weighted by molar-refractivity contribution is 0.145. The van der Waals surface area contributed by atoms with Crippen molar-refractivity contribution in [3.63, 3.8) is 0 Å². The van der Waals surface area contributed by atoms with Gasteiger partial charge >= 0.3 is 0 Å². The molecule has 0 fully saturated rings. The van der Waals surface area contributed by atoms with Crippen molar-refractivity contribution in [2.75, 3.05) is 32.8 Å². The average molecular weight is 433 g/mol. The second kappa shape index (κ2) is 14.8. The van der Waals surface area contributed by atoms with Gasteiger partial charge in [0.25, 0.3) is 0 Å². The standard InChI is InChI=1S/C18H31N3O.HI/c1-4-16(17-11-8-7-9-12-17)15-21-18(19-5-2)20-13-10-14-22-6-3;/h7-9,11-12,16H,4-6,10,13-15H2,1-3H3,(H2,19,20,21);1H. The van der Waals surface area contributed by atoms with Gasteiger partial charge in [-0.25, -0.2) is 0 Å². The molecule has 0 aliphatic heterocycles. The Morgan fingerprint density at radius 1 is 1.13 bits per heavy atom. The first kappa shape index (κ1) is 22.2. The normalized spacial score (nSPS) is 12.4. The molecule has 0 saturated carbocycles. The third kappa shape index (κ3) is 9.81. The SMILES string of the molecule is CCNC(=NCC(CC)c1ccccc1)NCCCOCC.I. The molecule has 0 aromatic heterocycles. The Labute approximate surface area is 158 Å². The molecule has 23 heavy (non-hydrogen) atoms. The fourth-order valence-electron chi connectivity index (χ4n) is 2.26. The largest absolute Gasteiger partial charge is 0.382 e. The van der Waals surface area contributed by atoms with Crippen LogP contribution in [0.1, 0.15) is 45.1 Å². The molecule has 0 spiro atoms. The first-order chi connectivity index (χ1) is 10.8. The highest BCUT2D eigenvalue weighted by Gasteiger charge is 2.08. The molecule has 5 heteroatoms. The highest BCUT2D eigenvalue weighted by atomic mass is 127. The second-order valence-electron chi connectivity index (χ2n) is 5.21. The summed E-state index contributed by atoms with van der Waals surface area (Å²) in [6, 6.07) is 10.6. The maximum atomic E-state index is 5.35. The summed E-state index contributed by atoms with van der Waals surface area (Å²) in [6.45, 7) is 10.5. The number of halogens is 1. The van der Waals surface area contributed by atoms with Gasteiger partial charge in [-0.3, -0.25) is 4.99 Å². The maximum Gasteiger partial charge on any atom is 0.191 e. The summed E-state index contributed by atoms with van der Waals surface area (Å²) in [5.41, 5.74) is 1.36. The third-order valence-electron chi connectivity index (χ3n) is 3.54. The molecular weight excluding hydrogens is 401 g/mol. The molecule has 1 atom stereocenters. The molecule has 1 aromatic carbocycles. The highest BCUT2D eigenvalue weighted by Crippen LogP contribution is 2.19. The van der Waals surface area contributed by atoms with E-state index < -0.39 is 0 Å². The molecule has 1 rings (SSSR count). The van der Waals surface area contributed by atoms with Crippen LogP contribution in [0.2, 0.25) is 0 Å². The van der Waals surface area contributed by atoms with Gasteiger partial charge in [0.05, 0.1) is 0 Å². The molecule has 0 saturated heterocycles. The Balaban J connectivity index is 0.00000484. The van der Waals surface area contributed by atoms with E-state index in [9.17, 15) is 0 Å². The highest BCUT2D eigenvalue weighted by molar-refractivity contribution is 14.0. The number of nitrogens with one attached hydrogen (secondary N) is 2. The first-order valence-electron chi connectivity index (χ1n) is 8.46. The van der Waals surface area contributed by atoms with Gasteiger partial charge in [-0.2, -0.15) is 0 Å². The molecule has 0 radical (unpaired) electrons. The lowest BCUT2D eigenvalue weighted by atomic mass is 9.97. The monoisotopic (exact) mass is 433 g/mol. The van der Waals surface area contributed by atoms with E-state index >= 15 is 0 Å². The van der Waals surface area contributed by atoms with Crippen LogP contribution >= 0.6 is 24.0 Å². The molecule has 0 aliphatic carbocycles. The van der Waals surface area contributed by atoms with Crippen molar-refractivity contribution in [2.24, 2.45) is 4.99 Å². The molecule has 0 amide bonds. The maximum absolute atomic E-state index is 5.35. The first-order valence-corrected chi connectivity index (χ1v) is 8.46. The summed E-state index contributed by atoms with van der Waals surface area (Å²) in [7, 11) is 0. The van der Waals surface area contributed by atoms with Crippen LogP contribution < -0.4 is 10.6 Å². The van der Waals surface area contributed by atoms with Crippen LogP contribution in [0.15, 0.2) is 35.3 Å². The van der Waals surface area contributed by atoms with Crippen molar-refractivity contribution in [3.8, 4) is 0 Å². The molecule has 2 N–H and O–H groups in total. The van der Waals surface area contributed by atoms with Crippen molar-refractivity contribution in [1.82, 2.24) is 10.6 Å². The van der Waals surface area contributed by atoms with Gasteiger partial charge in [0.1, 0.15) is 0 Å². The van der Waals surface area contributed by atoms with Crippen LogP contribution in [0.25, 0.3) is 0 Å². The minimum atomic E-state index is 0. The summed E-state index contributed by atoms with van der Waals surface area (Å²) in [5, 5.41) is 6.67.